The molecule has 0 unspecified atom stereocenters. The molecule has 0 aliphatic carbocycles. The van der Waals surface area contributed by atoms with Gasteiger partial charge in [-0.1, -0.05) is 133 Å². The maximum absolute atomic E-state index is 5.16. The van der Waals surface area contributed by atoms with E-state index in [1.807, 2.05) is 12.1 Å². The van der Waals surface area contributed by atoms with E-state index in [1.165, 1.54) is 66.1 Å². The van der Waals surface area contributed by atoms with Crippen LogP contribution >= 0.6 is 12.6 Å². The molecule has 0 radical (unpaired) electrons. The summed E-state index contributed by atoms with van der Waals surface area (Å²) in [7, 11) is 0. The lowest BCUT2D eigenvalue weighted by Crippen LogP contribution is -2.02. The van der Waals surface area contributed by atoms with Gasteiger partial charge in [0.05, 0.1) is 11.4 Å². The largest absolute Gasteiger partial charge is 0.252 e. The van der Waals surface area contributed by atoms with Crippen molar-refractivity contribution in [2.24, 2.45) is 4.99 Å². The zero-order valence-corrected chi connectivity index (χ0v) is 27.6. The molecule has 2 heteroatoms. The van der Waals surface area contributed by atoms with Crippen molar-refractivity contribution >= 4 is 57.2 Å². The van der Waals surface area contributed by atoms with Gasteiger partial charge in [0.25, 0.3) is 0 Å². The Hall–Kier alpha value is -5.18. The number of thiol groups is 1. The third kappa shape index (κ3) is 5.60. The van der Waals surface area contributed by atoms with Gasteiger partial charge >= 0.3 is 0 Å². The lowest BCUT2D eigenvalue weighted by atomic mass is 9.88. The van der Waals surface area contributed by atoms with Crippen molar-refractivity contribution < 1.29 is 0 Å². The first-order valence-corrected chi connectivity index (χ1v) is 16.7. The number of fused-ring (bicyclic) bond motifs is 4. The van der Waals surface area contributed by atoms with Gasteiger partial charge in [-0.3, -0.25) is 4.99 Å². The van der Waals surface area contributed by atoms with E-state index < -0.39 is 0 Å². The van der Waals surface area contributed by atoms with E-state index in [4.69, 9.17) is 17.6 Å². The summed E-state index contributed by atoms with van der Waals surface area (Å²) in [4.78, 5) is 6.10. The van der Waals surface area contributed by atoms with Gasteiger partial charge in [-0.05, 0) is 105 Å². The maximum atomic E-state index is 5.16. The van der Waals surface area contributed by atoms with Crippen LogP contribution in [0.3, 0.4) is 0 Å². The molecular weight excluding hydrogens is 587 g/mol. The van der Waals surface area contributed by atoms with Crippen molar-refractivity contribution in [2.45, 2.75) is 31.6 Å². The summed E-state index contributed by atoms with van der Waals surface area (Å²) in [6.07, 6.45) is 3.93. The highest BCUT2D eigenvalue weighted by Crippen LogP contribution is 2.39. The van der Waals surface area contributed by atoms with Gasteiger partial charge in [0.2, 0.25) is 0 Å². The molecular formula is C45H35NS. The second kappa shape index (κ2) is 12.2. The number of hydrogen-bond donors (Lipinski definition) is 1. The van der Waals surface area contributed by atoms with Crippen molar-refractivity contribution in [2.75, 3.05) is 0 Å². The van der Waals surface area contributed by atoms with E-state index in [0.29, 0.717) is 0 Å². The van der Waals surface area contributed by atoms with Crippen LogP contribution < -0.4 is 0 Å². The van der Waals surface area contributed by atoms with Crippen LogP contribution in [0.2, 0.25) is 0 Å². The Labute approximate surface area is 282 Å². The van der Waals surface area contributed by atoms with Gasteiger partial charge in [-0.25, -0.2) is 0 Å². The molecule has 1 aliphatic heterocycles. The fourth-order valence-corrected chi connectivity index (χ4v) is 7.37. The standard InChI is InChI=1S/C45H35NS/c1-29-18-21-34-26-35(39-12-6-7-13-40(39)41(34)24-29)25-31-19-22-32(23-20-31)37-14-8-15-38(30(37)2)36-27-42-43(16-9-17-45(42)47)46-44(28-36)33-10-4-3-5-11-33/h3-24,26-27,47H,25,28H2,1-2H3. The molecule has 0 bridgehead atoms. The smallest absolute Gasteiger partial charge is 0.0716 e. The monoisotopic (exact) mass is 621 g/mol. The third-order valence-corrected chi connectivity index (χ3v) is 9.93. The highest BCUT2D eigenvalue weighted by atomic mass is 32.1. The van der Waals surface area contributed by atoms with Crippen molar-refractivity contribution in [3.63, 3.8) is 0 Å². The Balaban J connectivity index is 1.14. The number of rotatable bonds is 5. The molecule has 226 valence electrons. The highest BCUT2D eigenvalue weighted by Gasteiger charge is 2.19. The number of allylic oxidation sites excluding steroid dienone is 1. The van der Waals surface area contributed by atoms with Gasteiger partial charge in [-0.15, -0.1) is 12.6 Å². The van der Waals surface area contributed by atoms with Gasteiger partial charge in [-0.2, -0.15) is 0 Å². The Morgan fingerprint density at radius 2 is 1.36 bits per heavy atom. The summed E-state index contributed by atoms with van der Waals surface area (Å²) in [6.45, 7) is 4.42. The van der Waals surface area contributed by atoms with Crippen LogP contribution in [-0.2, 0) is 6.42 Å². The second-order valence-electron chi connectivity index (χ2n) is 12.6. The Bertz CT molecular complexity index is 2360. The number of hydrogen-bond acceptors (Lipinski definition) is 2. The fourth-order valence-electron chi connectivity index (χ4n) is 7.10. The molecule has 0 saturated carbocycles. The molecule has 0 N–H and O–H groups in total. The molecule has 7 aromatic carbocycles. The van der Waals surface area contributed by atoms with E-state index in [9.17, 15) is 0 Å². The minimum atomic E-state index is 0.744. The quantitative estimate of drug-likeness (QED) is 0.145. The summed E-state index contributed by atoms with van der Waals surface area (Å²) in [5.74, 6) is 0. The van der Waals surface area contributed by atoms with E-state index in [-0.39, 0.29) is 0 Å². The summed E-state index contributed by atoms with van der Waals surface area (Å²) in [5.41, 5.74) is 14.5. The highest BCUT2D eigenvalue weighted by molar-refractivity contribution is 7.80. The zero-order chi connectivity index (χ0) is 31.9. The third-order valence-electron chi connectivity index (χ3n) is 9.54. The van der Waals surface area contributed by atoms with Crippen LogP contribution in [-0.4, -0.2) is 5.71 Å². The van der Waals surface area contributed by atoms with Crippen LogP contribution in [0.1, 0.15) is 45.4 Å². The van der Waals surface area contributed by atoms with E-state index in [1.54, 1.807) is 0 Å². The van der Waals surface area contributed by atoms with Crippen LogP contribution in [0.4, 0.5) is 5.69 Å². The first-order valence-electron chi connectivity index (χ1n) is 16.3. The summed E-state index contributed by atoms with van der Waals surface area (Å²) < 4.78 is 0. The Morgan fingerprint density at radius 3 is 2.19 bits per heavy atom. The average Bonchev–Trinajstić information content (AvgIpc) is 3.30. The first-order chi connectivity index (χ1) is 23.0. The van der Waals surface area contributed by atoms with Crippen molar-refractivity contribution in [3.05, 3.63) is 178 Å². The molecule has 8 rings (SSSR count). The lowest BCUT2D eigenvalue weighted by Gasteiger charge is -2.16. The molecule has 1 heterocycles. The van der Waals surface area contributed by atoms with Gasteiger partial charge in [0.1, 0.15) is 0 Å². The number of benzene rings is 7. The van der Waals surface area contributed by atoms with Crippen LogP contribution in [0.25, 0.3) is 44.3 Å². The topological polar surface area (TPSA) is 12.4 Å². The van der Waals surface area contributed by atoms with Crippen molar-refractivity contribution in [1.29, 1.82) is 0 Å². The normalized spacial score (nSPS) is 12.8. The molecule has 0 spiro atoms. The minimum Gasteiger partial charge on any atom is -0.252 e. The van der Waals surface area contributed by atoms with Crippen LogP contribution in [0.15, 0.2) is 149 Å². The van der Waals surface area contributed by atoms with Crippen LogP contribution in [0.5, 0.6) is 0 Å². The SMILES string of the molecule is Cc1ccc2cc(Cc3ccc(-c4cccc(C5=Cc6c(S)cccc6N=C(c6ccccc6)C5)c4C)cc3)c3ccccc3c2c1. The minimum absolute atomic E-state index is 0.744. The van der Waals surface area contributed by atoms with E-state index >= 15 is 0 Å². The van der Waals surface area contributed by atoms with Crippen LogP contribution in [0, 0.1) is 13.8 Å². The Kier molecular flexibility index (Phi) is 7.59. The lowest BCUT2D eigenvalue weighted by molar-refractivity contribution is 1.22. The predicted octanol–water partition coefficient (Wildman–Crippen LogP) is 12.2. The molecule has 1 aliphatic rings. The van der Waals surface area contributed by atoms with Gasteiger partial charge in [0, 0.05) is 16.9 Å². The summed E-state index contributed by atoms with van der Waals surface area (Å²) in [6, 6.07) is 50.5. The summed E-state index contributed by atoms with van der Waals surface area (Å²) in [5, 5.41) is 5.29. The predicted molar refractivity (Wildman–Crippen MR) is 204 cm³/mol. The number of aryl methyl sites for hydroxylation is 1. The number of nitrogens with zero attached hydrogens (tertiary/aromatic N) is 1. The molecule has 0 fully saturated rings. The molecule has 7 aromatic rings. The second-order valence-corrected chi connectivity index (χ2v) is 13.1. The fraction of sp³-hybridized carbons (Fsp3) is 0.0889. The van der Waals surface area contributed by atoms with E-state index in [0.717, 1.165) is 40.3 Å². The van der Waals surface area contributed by atoms with E-state index in [2.05, 4.69) is 147 Å². The van der Waals surface area contributed by atoms with Gasteiger partial charge < -0.3 is 0 Å². The zero-order valence-electron chi connectivity index (χ0n) is 26.7. The number of aliphatic imine (C=N–C) groups is 1. The van der Waals surface area contributed by atoms with Crippen molar-refractivity contribution in [1.82, 2.24) is 0 Å². The molecule has 0 aromatic heterocycles. The molecule has 47 heavy (non-hydrogen) atoms. The average molecular weight is 622 g/mol. The molecule has 0 saturated heterocycles. The molecule has 0 amide bonds. The summed E-state index contributed by atoms with van der Waals surface area (Å²) >= 11 is 4.83. The van der Waals surface area contributed by atoms with Crippen molar-refractivity contribution in [3.8, 4) is 11.1 Å². The molecule has 1 nitrogen and oxygen atoms in total. The maximum Gasteiger partial charge on any atom is 0.0716 e. The Morgan fingerprint density at radius 1 is 0.617 bits per heavy atom. The van der Waals surface area contributed by atoms with Gasteiger partial charge in [0.15, 0.2) is 0 Å². The molecule has 0 atom stereocenters. The first kappa shape index (κ1) is 29.2.